The maximum Gasteiger partial charge on any atom is 0.191 e. The Morgan fingerprint density at radius 3 is 2.64 bits per heavy atom. The van der Waals surface area contributed by atoms with Crippen LogP contribution in [0, 0.1) is 0 Å². The summed E-state index contributed by atoms with van der Waals surface area (Å²) in [7, 11) is 1.77. The van der Waals surface area contributed by atoms with Crippen molar-refractivity contribution in [1.29, 1.82) is 0 Å². The SMILES string of the molecule is CCNC(=NCC(C)c1ccccc1)NCCN(CCOC)C1CC1. The summed E-state index contributed by atoms with van der Waals surface area (Å²) in [5.41, 5.74) is 1.33. The van der Waals surface area contributed by atoms with Gasteiger partial charge in [-0.05, 0) is 25.3 Å². The molecule has 0 aliphatic heterocycles. The highest BCUT2D eigenvalue weighted by molar-refractivity contribution is 5.79. The summed E-state index contributed by atoms with van der Waals surface area (Å²) < 4.78 is 5.23. The second-order valence-corrected chi connectivity index (χ2v) is 6.72. The van der Waals surface area contributed by atoms with Gasteiger partial charge >= 0.3 is 0 Å². The van der Waals surface area contributed by atoms with Gasteiger partial charge in [-0.2, -0.15) is 0 Å². The number of aliphatic imine (C=N–C) groups is 1. The third kappa shape index (κ3) is 7.45. The Morgan fingerprint density at radius 1 is 1.24 bits per heavy atom. The van der Waals surface area contributed by atoms with E-state index in [0.717, 1.165) is 51.3 Å². The van der Waals surface area contributed by atoms with Crippen molar-refractivity contribution < 1.29 is 4.74 Å². The fourth-order valence-corrected chi connectivity index (χ4v) is 2.90. The molecule has 2 rings (SSSR count). The van der Waals surface area contributed by atoms with Gasteiger partial charge in [-0.1, -0.05) is 37.3 Å². The molecule has 5 heteroatoms. The van der Waals surface area contributed by atoms with E-state index in [2.05, 4.69) is 59.7 Å². The lowest BCUT2D eigenvalue weighted by molar-refractivity contribution is 0.144. The van der Waals surface area contributed by atoms with E-state index >= 15 is 0 Å². The number of methoxy groups -OCH3 is 1. The summed E-state index contributed by atoms with van der Waals surface area (Å²) in [6.07, 6.45) is 2.65. The molecule has 1 unspecified atom stereocenters. The zero-order valence-corrected chi connectivity index (χ0v) is 16.0. The number of nitrogens with one attached hydrogen (secondary N) is 2. The smallest absolute Gasteiger partial charge is 0.191 e. The van der Waals surface area contributed by atoms with E-state index in [0.29, 0.717) is 5.92 Å². The van der Waals surface area contributed by atoms with Crippen LogP contribution in [0.15, 0.2) is 35.3 Å². The van der Waals surface area contributed by atoms with Crippen molar-refractivity contribution in [2.24, 2.45) is 4.99 Å². The molecule has 0 saturated heterocycles. The lowest BCUT2D eigenvalue weighted by atomic mass is 10.0. The van der Waals surface area contributed by atoms with Crippen LogP contribution >= 0.6 is 0 Å². The van der Waals surface area contributed by atoms with Gasteiger partial charge in [-0.25, -0.2) is 0 Å². The summed E-state index contributed by atoms with van der Waals surface area (Å²) in [4.78, 5) is 7.28. The van der Waals surface area contributed by atoms with Crippen LogP contribution in [0.4, 0.5) is 0 Å². The van der Waals surface area contributed by atoms with Crippen LogP contribution in [0.2, 0.25) is 0 Å². The third-order valence-corrected chi connectivity index (χ3v) is 4.57. The van der Waals surface area contributed by atoms with Crippen molar-refractivity contribution in [2.45, 2.75) is 38.6 Å². The Kier molecular flexibility index (Phi) is 8.77. The largest absolute Gasteiger partial charge is 0.383 e. The number of hydrogen-bond acceptors (Lipinski definition) is 3. The van der Waals surface area contributed by atoms with E-state index < -0.39 is 0 Å². The molecule has 0 bridgehead atoms. The second kappa shape index (κ2) is 11.1. The first kappa shape index (κ1) is 19.7. The topological polar surface area (TPSA) is 48.9 Å². The average Bonchev–Trinajstić information content (AvgIpc) is 3.48. The number of guanidine groups is 1. The van der Waals surface area contributed by atoms with Gasteiger partial charge in [0, 0.05) is 51.8 Å². The number of rotatable bonds is 11. The average molecular weight is 347 g/mol. The molecule has 0 radical (unpaired) electrons. The van der Waals surface area contributed by atoms with Crippen LogP contribution in [0.1, 0.15) is 38.2 Å². The zero-order chi connectivity index (χ0) is 17.9. The van der Waals surface area contributed by atoms with E-state index in [4.69, 9.17) is 9.73 Å². The molecule has 0 heterocycles. The highest BCUT2D eigenvalue weighted by atomic mass is 16.5. The molecule has 1 aromatic rings. The minimum Gasteiger partial charge on any atom is -0.383 e. The number of nitrogens with zero attached hydrogens (tertiary/aromatic N) is 2. The van der Waals surface area contributed by atoms with Crippen molar-refractivity contribution in [2.75, 3.05) is 46.4 Å². The van der Waals surface area contributed by atoms with Crippen molar-refractivity contribution in [3.63, 3.8) is 0 Å². The molecule has 0 amide bonds. The summed E-state index contributed by atoms with van der Waals surface area (Å²) in [5, 5.41) is 6.82. The standard InChI is InChI=1S/C20H34N4O/c1-4-21-20(23-16-17(2)18-8-6-5-7-9-18)22-12-13-24(14-15-25-3)19-10-11-19/h5-9,17,19H,4,10-16H2,1-3H3,(H2,21,22,23). The highest BCUT2D eigenvalue weighted by Crippen LogP contribution is 2.25. The maximum absolute atomic E-state index is 5.23. The summed E-state index contributed by atoms with van der Waals surface area (Å²) in [6, 6.07) is 11.3. The van der Waals surface area contributed by atoms with Crippen LogP contribution in [-0.2, 0) is 4.74 Å². The van der Waals surface area contributed by atoms with Crippen molar-refractivity contribution in [1.82, 2.24) is 15.5 Å². The molecular weight excluding hydrogens is 312 g/mol. The fraction of sp³-hybridized carbons (Fsp3) is 0.650. The van der Waals surface area contributed by atoms with Crippen LogP contribution in [0.3, 0.4) is 0 Å². The van der Waals surface area contributed by atoms with Gasteiger partial charge in [-0.3, -0.25) is 9.89 Å². The molecule has 1 aliphatic rings. The highest BCUT2D eigenvalue weighted by Gasteiger charge is 2.28. The van der Waals surface area contributed by atoms with Crippen LogP contribution in [-0.4, -0.2) is 63.3 Å². The van der Waals surface area contributed by atoms with Gasteiger partial charge in [0.15, 0.2) is 5.96 Å². The predicted molar refractivity (Wildman–Crippen MR) is 105 cm³/mol. The molecule has 1 saturated carbocycles. The van der Waals surface area contributed by atoms with Crippen molar-refractivity contribution >= 4 is 5.96 Å². The molecule has 1 aliphatic carbocycles. The third-order valence-electron chi connectivity index (χ3n) is 4.57. The van der Waals surface area contributed by atoms with Crippen molar-refractivity contribution in [3.05, 3.63) is 35.9 Å². The Hall–Kier alpha value is -1.59. The minimum atomic E-state index is 0.418. The molecule has 0 aromatic heterocycles. The molecule has 1 aromatic carbocycles. The lowest BCUT2D eigenvalue weighted by Gasteiger charge is -2.22. The Balaban J connectivity index is 1.78. The van der Waals surface area contributed by atoms with Gasteiger partial charge in [0.25, 0.3) is 0 Å². The van der Waals surface area contributed by atoms with Crippen LogP contribution in [0.25, 0.3) is 0 Å². The van der Waals surface area contributed by atoms with E-state index in [-0.39, 0.29) is 0 Å². The number of hydrogen-bond donors (Lipinski definition) is 2. The molecule has 1 fully saturated rings. The quantitative estimate of drug-likeness (QED) is 0.477. The van der Waals surface area contributed by atoms with Gasteiger partial charge < -0.3 is 15.4 Å². The molecular formula is C20H34N4O. The molecule has 0 spiro atoms. The Labute approximate surface area is 152 Å². The summed E-state index contributed by atoms with van der Waals surface area (Å²) >= 11 is 0. The Morgan fingerprint density at radius 2 is 2.00 bits per heavy atom. The van der Waals surface area contributed by atoms with E-state index in [9.17, 15) is 0 Å². The maximum atomic E-state index is 5.23. The molecule has 25 heavy (non-hydrogen) atoms. The first-order valence-corrected chi connectivity index (χ1v) is 9.54. The molecule has 1 atom stereocenters. The first-order chi connectivity index (χ1) is 12.2. The predicted octanol–water partition coefficient (Wildman–Crippen LogP) is 2.46. The van der Waals surface area contributed by atoms with Gasteiger partial charge in [0.1, 0.15) is 0 Å². The monoisotopic (exact) mass is 346 g/mol. The zero-order valence-electron chi connectivity index (χ0n) is 16.0. The molecule has 5 nitrogen and oxygen atoms in total. The summed E-state index contributed by atoms with van der Waals surface area (Å²) in [6.45, 7) is 9.76. The van der Waals surface area contributed by atoms with Gasteiger partial charge in [0.2, 0.25) is 0 Å². The van der Waals surface area contributed by atoms with E-state index in [1.807, 2.05) is 0 Å². The lowest BCUT2D eigenvalue weighted by Crippen LogP contribution is -2.43. The van der Waals surface area contributed by atoms with E-state index in [1.54, 1.807) is 7.11 Å². The Bertz CT molecular complexity index is 502. The van der Waals surface area contributed by atoms with Crippen LogP contribution < -0.4 is 10.6 Å². The van der Waals surface area contributed by atoms with Crippen LogP contribution in [0.5, 0.6) is 0 Å². The van der Waals surface area contributed by atoms with Crippen molar-refractivity contribution in [3.8, 4) is 0 Å². The van der Waals surface area contributed by atoms with Gasteiger partial charge in [0.05, 0.1) is 6.61 Å². The molecule has 140 valence electrons. The minimum absolute atomic E-state index is 0.418. The fourth-order valence-electron chi connectivity index (χ4n) is 2.90. The van der Waals surface area contributed by atoms with Gasteiger partial charge in [-0.15, -0.1) is 0 Å². The summed E-state index contributed by atoms with van der Waals surface area (Å²) in [5.74, 6) is 1.33. The molecule has 2 N–H and O–H groups in total. The normalized spacial score (nSPS) is 16.1. The second-order valence-electron chi connectivity index (χ2n) is 6.72. The van der Waals surface area contributed by atoms with E-state index in [1.165, 1.54) is 18.4 Å². The first-order valence-electron chi connectivity index (χ1n) is 9.54. The number of ether oxygens (including phenoxy) is 1. The number of benzene rings is 1.